The van der Waals surface area contributed by atoms with Crippen LogP contribution >= 0.6 is 7.60 Å². The van der Waals surface area contributed by atoms with Gasteiger partial charge in [0.25, 0.3) is 0 Å². The molecule has 0 saturated carbocycles. The third-order valence-electron chi connectivity index (χ3n) is 2.44. The van der Waals surface area contributed by atoms with E-state index in [0.717, 1.165) is 0 Å². The average Bonchev–Trinajstić information content (AvgIpc) is 2.37. The fraction of sp³-hybridized carbons (Fsp3) is 0.500. The van der Waals surface area contributed by atoms with Crippen LogP contribution in [0.2, 0.25) is 0 Å². The van der Waals surface area contributed by atoms with Crippen LogP contribution in [0.3, 0.4) is 0 Å². The van der Waals surface area contributed by atoms with Crippen molar-refractivity contribution >= 4 is 13.4 Å². The highest BCUT2D eigenvalue weighted by atomic mass is 31.2. The molecule has 0 spiro atoms. The molecular formula is C14H21O5P. The van der Waals surface area contributed by atoms with E-state index in [1.807, 2.05) is 19.9 Å². The fourth-order valence-corrected chi connectivity index (χ4v) is 2.99. The van der Waals surface area contributed by atoms with Crippen LogP contribution in [0.25, 0.3) is 0 Å². The standard InChI is InChI=1S/C14H21O5P/c1-11(2)17-10-20(16,18-13(4)12(3)15)19-14-8-6-5-7-9-14/h5-9,11,13H,10H2,1-4H3. The number of ketones is 1. The molecule has 2 unspecified atom stereocenters. The second kappa shape index (κ2) is 7.58. The predicted molar refractivity (Wildman–Crippen MR) is 77.0 cm³/mol. The molecule has 0 N–H and O–H groups in total. The van der Waals surface area contributed by atoms with Gasteiger partial charge in [-0.05, 0) is 39.8 Å². The molecule has 1 aromatic carbocycles. The molecule has 6 heteroatoms. The smallest absolute Gasteiger partial charge is 0.405 e. The van der Waals surface area contributed by atoms with Crippen molar-refractivity contribution in [2.45, 2.75) is 39.9 Å². The van der Waals surface area contributed by atoms with E-state index in [2.05, 4.69) is 0 Å². The number of ether oxygens (including phenoxy) is 1. The van der Waals surface area contributed by atoms with Crippen molar-refractivity contribution in [1.82, 2.24) is 0 Å². The maximum absolute atomic E-state index is 12.7. The zero-order valence-electron chi connectivity index (χ0n) is 12.2. The molecule has 0 aliphatic heterocycles. The SMILES string of the molecule is CC(=O)C(C)OP(=O)(COC(C)C)Oc1ccccc1. The van der Waals surface area contributed by atoms with E-state index >= 15 is 0 Å². The first-order valence-corrected chi connectivity index (χ1v) is 8.19. The molecule has 0 saturated heterocycles. The van der Waals surface area contributed by atoms with Gasteiger partial charge in [0, 0.05) is 0 Å². The average molecular weight is 300 g/mol. The highest BCUT2D eigenvalue weighted by molar-refractivity contribution is 7.54. The number of rotatable bonds is 8. The summed E-state index contributed by atoms with van der Waals surface area (Å²) in [5, 5.41) is 0. The van der Waals surface area contributed by atoms with Gasteiger partial charge in [0.1, 0.15) is 11.9 Å². The molecule has 0 bridgehead atoms. The second-order valence-electron chi connectivity index (χ2n) is 4.72. The Kier molecular flexibility index (Phi) is 6.40. The number of hydrogen-bond donors (Lipinski definition) is 0. The van der Waals surface area contributed by atoms with Crippen molar-refractivity contribution in [3.8, 4) is 5.75 Å². The summed E-state index contributed by atoms with van der Waals surface area (Å²) >= 11 is 0. The Balaban J connectivity index is 2.83. The van der Waals surface area contributed by atoms with E-state index in [1.165, 1.54) is 6.92 Å². The topological polar surface area (TPSA) is 61.8 Å². The van der Waals surface area contributed by atoms with Crippen molar-refractivity contribution in [1.29, 1.82) is 0 Å². The highest BCUT2D eigenvalue weighted by Gasteiger charge is 2.31. The van der Waals surface area contributed by atoms with Gasteiger partial charge in [-0.1, -0.05) is 18.2 Å². The first-order valence-electron chi connectivity index (χ1n) is 6.46. The summed E-state index contributed by atoms with van der Waals surface area (Å²) in [5.74, 6) is 0.199. The zero-order chi connectivity index (χ0) is 15.2. The molecule has 0 aliphatic carbocycles. The number of benzene rings is 1. The van der Waals surface area contributed by atoms with Crippen molar-refractivity contribution < 1.29 is 23.1 Å². The number of hydrogen-bond acceptors (Lipinski definition) is 5. The van der Waals surface area contributed by atoms with Crippen LogP contribution in [0.5, 0.6) is 5.75 Å². The lowest BCUT2D eigenvalue weighted by atomic mass is 10.3. The van der Waals surface area contributed by atoms with Crippen LogP contribution in [0.15, 0.2) is 30.3 Å². The summed E-state index contributed by atoms with van der Waals surface area (Å²) in [5.41, 5.74) is 0. The summed E-state index contributed by atoms with van der Waals surface area (Å²) in [6, 6.07) is 8.68. The number of Topliss-reactive ketones (excluding diaryl/α,β-unsaturated/α-hetero) is 1. The molecule has 112 valence electrons. The Bertz CT molecular complexity index is 472. The van der Waals surface area contributed by atoms with Gasteiger partial charge < -0.3 is 9.26 Å². The lowest BCUT2D eigenvalue weighted by Gasteiger charge is -2.22. The van der Waals surface area contributed by atoms with Gasteiger partial charge >= 0.3 is 7.60 Å². The fourth-order valence-electron chi connectivity index (χ4n) is 1.28. The molecule has 0 radical (unpaired) electrons. The largest absolute Gasteiger partial charge is 0.423 e. The Morgan fingerprint density at radius 1 is 1.20 bits per heavy atom. The predicted octanol–water partition coefficient (Wildman–Crippen LogP) is 3.64. The first kappa shape index (κ1) is 16.9. The number of carbonyl (C=O) groups excluding carboxylic acids is 1. The van der Waals surface area contributed by atoms with Gasteiger partial charge in [-0.3, -0.25) is 9.32 Å². The normalized spacial score (nSPS) is 15.7. The Labute approximate surface area is 119 Å². The molecule has 0 aromatic heterocycles. The molecule has 1 aromatic rings. The van der Waals surface area contributed by atoms with Crippen LogP contribution in [0.4, 0.5) is 0 Å². The lowest BCUT2D eigenvalue weighted by Crippen LogP contribution is -2.20. The van der Waals surface area contributed by atoms with E-state index in [9.17, 15) is 9.36 Å². The minimum absolute atomic E-state index is 0.112. The lowest BCUT2D eigenvalue weighted by molar-refractivity contribution is -0.123. The Hall–Kier alpha value is -1.16. The first-order chi connectivity index (χ1) is 9.32. The summed E-state index contributed by atoms with van der Waals surface area (Å²) in [6.45, 7) is 6.56. The Morgan fingerprint density at radius 3 is 2.30 bits per heavy atom. The quantitative estimate of drug-likeness (QED) is 0.686. The summed E-state index contributed by atoms with van der Waals surface area (Å²) in [7, 11) is -3.55. The minimum atomic E-state index is -3.55. The van der Waals surface area contributed by atoms with Gasteiger partial charge in [0.2, 0.25) is 0 Å². The van der Waals surface area contributed by atoms with E-state index in [1.54, 1.807) is 31.2 Å². The third kappa shape index (κ3) is 5.87. The van der Waals surface area contributed by atoms with Crippen LogP contribution in [0.1, 0.15) is 27.7 Å². The maximum atomic E-state index is 12.7. The van der Waals surface area contributed by atoms with Gasteiger partial charge in [-0.2, -0.15) is 0 Å². The highest BCUT2D eigenvalue weighted by Crippen LogP contribution is 2.49. The van der Waals surface area contributed by atoms with Gasteiger partial charge in [-0.25, -0.2) is 4.57 Å². The van der Waals surface area contributed by atoms with Crippen molar-refractivity contribution in [3.05, 3.63) is 30.3 Å². The van der Waals surface area contributed by atoms with Gasteiger partial charge in [-0.15, -0.1) is 0 Å². The van der Waals surface area contributed by atoms with Gasteiger partial charge in [0.15, 0.2) is 12.1 Å². The van der Waals surface area contributed by atoms with Crippen LogP contribution in [-0.2, 0) is 18.6 Å². The summed E-state index contributed by atoms with van der Waals surface area (Å²) in [6.07, 6.45) is -1.11. The van der Waals surface area contributed by atoms with Crippen LogP contribution in [0, 0.1) is 0 Å². The zero-order valence-corrected chi connectivity index (χ0v) is 13.1. The molecule has 20 heavy (non-hydrogen) atoms. The summed E-state index contributed by atoms with van der Waals surface area (Å²) in [4.78, 5) is 11.3. The van der Waals surface area contributed by atoms with Crippen molar-refractivity contribution in [3.63, 3.8) is 0 Å². The molecule has 1 rings (SSSR count). The number of carbonyl (C=O) groups is 1. The van der Waals surface area contributed by atoms with E-state index in [4.69, 9.17) is 13.8 Å². The second-order valence-corrected chi connectivity index (χ2v) is 6.59. The molecule has 0 fully saturated rings. The number of para-hydroxylation sites is 1. The van der Waals surface area contributed by atoms with Crippen LogP contribution < -0.4 is 4.52 Å². The third-order valence-corrected chi connectivity index (χ3v) is 4.04. The maximum Gasteiger partial charge on any atom is 0.405 e. The molecule has 0 aliphatic rings. The van der Waals surface area contributed by atoms with E-state index < -0.39 is 13.7 Å². The van der Waals surface area contributed by atoms with E-state index in [0.29, 0.717) is 5.75 Å². The molecule has 5 nitrogen and oxygen atoms in total. The molecule has 0 heterocycles. The Morgan fingerprint density at radius 2 is 1.80 bits per heavy atom. The van der Waals surface area contributed by atoms with Gasteiger partial charge in [0.05, 0.1) is 6.10 Å². The summed E-state index contributed by atoms with van der Waals surface area (Å²) < 4.78 is 28.8. The molecule has 0 amide bonds. The molecular weight excluding hydrogens is 279 g/mol. The monoisotopic (exact) mass is 300 g/mol. The molecule has 2 atom stereocenters. The van der Waals surface area contributed by atoms with Crippen molar-refractivity contribution in [2.75, 3.05) is 6.35 Å². The minimum Gasteiger partial charge on any atom is -0.423 e. The van der Waals surface area contributed by atoms with Crippen molar-refractivity contribution in [2.24, 2.45) is 0 Å². The van der Waals surface area contributed by atoms with E-state index in [-0.39, 0.29) is 18.2 Å². The van der Waals surface area contributed by atoms with Crippen LogP contribution in [-0.4, -0.2) is 24.3 Å².